The first-order chi connectivity index (χ1) is 7.97. The van der Waals surface area contributed by atoms with Gasteiger partial charge in [-0.05, 0) is 42.3 Å². The summed E-state index contributed by atoms with van der Waals surface area (Å²) in [6, 6.07) is 9.05. The first-order valence-corrected chi connectivity index (χ1v) is 6.13. The van der Waals surface area contributed by atoms with Crippen molar-refractivity contribution in [3.8, 4) is 11.1 Å². The monoisotopic (exact) mass is 285 g/mol. The molecule has 0 bridgehead atoms. The zero-order valence-electron chi connectivity index (χ0n) is 9.10. The highest BCUT2D eigenvalue weighted by molar-refractivity contribution is 6.41. The lowest BCUT2D eigenvalue weighted by Gasteiger charge is -2.10. The zero-order valence-corrected chi connectivity index (χ0v) is 11.4. The van der Waals surface area contributed by atoms with Crippen molar-refractivity contribution in [1.29, 1.82) is 0 Å². The van der Waals surface area contributed by atoms with E-state index in [0.29, 0.717) is 20.8 Å². The van der Waals surface area contributed by atoms with Crippen LogP contribution in [0.15, 0.2) is 30.3 Å². The molecule has 88 valence electrons. The van der Waals surface area contributed by atoms with E-state index in [-0.39, 0.29) is 0 Å². The second kappa shape index (κ2) is 4.77. The summed E-state index contributed by atoms with van der Waals surface area (Å²) in [7, 11) is 0. The molecule has 2 N–H and O–H groups in total. The van der Waals surface area contributed by atoms with Crippen molar-refractivity contribution in [3.05, 3.63) is 51.0 Å². The predicted molar refractivity (Wildman–Crippen MR) is 76.1 cm³/mol. The SMILES string of the molecule is Cc1cc(N)cc(-c2c(Cl)cc(Cl)cc2Cl)c1. The molecular formula is C13H10Cl3N. The van der Waals surface area contributed by atoms with Gasteiger partial charge in [-0.15, -0.1) is 0 Å². The Morgan fingerprint density at radius 2 is 1.47 bits per heavy atom. The molecule has 0 fully saturated rings. The van der Waals surface area contributed by atoms with Crippen LogP contribution in [0.4, 0.5) is 5.69 Å². The van der Waals surface area contributed by atoms with Crippen molar-refractivity contribution in [2.75, 3.05) is 5.73 Å². The van der Waals surface area contributed by atoms with E-state index in [0.717, 1.165) is 16.7 Å². The van der Waals surface area contributed by atoms with Gasteiger partial charge < -0.3 is 5.73 Å². The van der Waals surface area contributed by atoms with Gasteiger partial charge in [-0.3, -0.25) is 0 Å². The number of benzene rings is 2. The maximum Gasteiger partial charge on any atom is 0.0514 e. The number of rotatable bonds is 1. The topological polar surface area (TPSA) is 26.0 Å². The molecule has 0 atom stereocenters. The molecule has 0 aromatic heterocycles. The molecule has 0 spiro atoms. The van der Waals surface area contributed by atoms with Crippen molar-refractivity contribution < 1.29 is 0 Å². The third kappa shape index (κ3) is 2.68. The van der Waals surface area contributed by atoms with Gasteiger partial charge in [-0.1, -0.05) is 40.9 Å². The maximum atomic E-state index is 6.16. The van der Waals surface area contributed by atoms with Crippen LogP contribution in [0.25, 0.3) is 11.1 Å². The van der Waals surface area contributed by atoms with Gasteiger partial charge in [0.1, 0.15) is 0 Å². The van der Waals surface area contributed by atoms with Gasteiger partial charge in [0, 0.05) is 16.3 Å². The van der Waals surface area contributed by atoms with Gasteiger partial charge in [-0.25, -0.2) is 0 Å². The molecule has 0 aliphatic heterocycles. The van der Waals surface area contributed by atoms with E-state index in [4.69, 9.17) is 40.5 Å². The Morgan fingerprint density at radius 1 is 0.882 bits per heavy atom. The van der Waals surface area contributed by atoms with Crippen LogP contribution in [0.1, 0.15) is 5.56 Å². The fraction of sp³-hybridized carbons (Fsp3) is 0.0769. The summed E-state index contributed by atoms with van der Waals surface area (Å²) in [5, 5.41) is 1.56. The molecule has 17 heavy (non-hydrogen) atoms. The van der Waals surface area contributed by atoms with Crippen LogP contribution in [0.3, 0.4) is 0 Å². The largest absolute Gasteiger partial charge is 0.399 e. The standard InChI is InChI=1S/C13H10Cl3N/c1-7-2-8(4-10(17)3-7)13-11(15)5-9(14)6-12(13)16/h2-6H,17H2,1H3. The molecule has 0 radical (unpaired) electrons. The normalized spacial score (nSPS) is 10.6. The first kappa shape index (κ1) is 12.6. The van der Waals surface area contributed by atoms with Gasteiger partial charge in [0.2, 0.25) is 0 Å². The highest BCUT2D eigenvalue weighted by atomic mass is 35.5. The highest BCUT2D eigenvalue weighted by Crippen LogP contribution is 2.38. The third-order valence-electron chi connectivity index (χ3n) is 2.40. The van der Waals surface area contributed by atoms with E-state index in [1.165, 1.54) is 0 Å². The Labute approximate surface area is 115 Å². The molecule has 2 aromatic rings. The van der Waals surface area contributed by atoms with Gasteiger partial charge in [0.25, 0.3) is 0 Å². The third-order valence-corrected chi connectivity index (χ3v) is 3.21. The summed E-state index contributed by atoms with van der Waals surface area (Å²) in [5.74, 6) is 0. The lowest BCUT2D eigenvalue weighted by molar-refractivity contribution is 1.47. The van der Waals surface area contributed by atoms with Gasteiger partial charge >= 0.3 is 0 Å². The quantitative estimate of drug-likeness (QED) is 0.716. The minimum absolute atomic E-state index is 0.518. The molecule has 0 unspecified atom stereocenters. The van der Waals surface area contributed by atoms with Crippen LogP contribution in [0, 0.1) is 6.92 Å². The van der Waals surface area contributed by atoms with Crippen molar-refractivity contribution in [3.63, 3.8) is 0 Å². The van der Waals surface area contributed by atoms with Crippen LogP contribution in [-0.2, 0) is 0 Å². The average Bonchev–Trinajstić information content (AvgIpc) is 2.13. The Balaban J connectivity index is 2.68. The molecule has 4 heteroatoms. The van der Waals surface area contributed by atoms with E-state index in [1.54, 1.807) is 12.1 Å². The summed E-state index contributed by atoms with van der Waals surface area (Å²) in [6.45, 7) is 1.97. The number of aryl methyl sites for hydroxylation is 1. The fourth-order valence-corrected chi connectivity index (χ4v) is 2.81. The second-order valence-corrected chi connectivity index (χ2v) is 5.13. The van der Waals surface area contributed by atoms with Gasteiger partial charge in [-0.2, -0.15) is 0 Å². The number of halogens is 3. The van der Waals surface area contributed by atoms with E-state index >= 15 is 0 Å². The molecular weight excluding hydrogens is 277 g/mol. The lowest BCUT2D eigenvalue weighted by Crippen LogP contribution is -1.89. The average molecular weight is 287 g/mol. The molecule has 2 aromatic carbocycles. The maximum absolute atomic E-state index is 6.16. The molecule has 1 nitrogen and oxygen atoms in total. The van der Waals surface area contributed by atoms with Crippen molar-refractivity contribution in [2.45, 2.75) is 6.92 Å². The summed E-state index contributed by atoms with van der Waals surface area (Å²) in [4.78, 5) is 0. The smallest absolute Gasteiger partial charge is 0.0514 e. The molecule has 0 amide bonds. The van der Waals surface area contributed by atoms with Crippen LogP contribution in [-0.4, -0.2) is 0 Å². The molecule has 0 saturated heterocycles. The van der Waals surface area contributed by atoms with Crippen LogP contribution < -0.4 is 5.73 Å². The number of nitrogen functional groups attached to an aromatic ring is 1. The number of hydrogen-bond acceptors (Lipinski definition) is 1. The predicted octanol–water partition coefficient (Wildman–Crippen LogP) is 5.20. The van der Waals surface area contributed by atoms with Crippen molar-refractivity contribution in [2.24, 2.45) is 0 Å². The number of anilines is 1. The summed E-state index contributed by atoms with van der Waals surface area (Å²) in [5.41, 5.74) is 9.21. The second-order valence-electron chi connectivity index (χ2n) is 3.88. The van der Waals surface area contributed by atoms with E-state index < -0.39 is 0 Å². The van der Waals surface area contributed by atoms with Crippen molar-refractivity contribution >= 4 is 40.5 Å². The van der Waals surface area contributed by atoms with E-state index in [1.807, 2.05) is 25.1 Å². The molecule has 2 rings (SSSR count). The minimum Gasteiger partial charge on any atom is -0.399 e. The van der Waals surface area contributed by atoms with Crippen LogP contribution in [0.2, 0.25) is 15.1 Å². The highest BCUT2D eigenvalue weighted by Gasteiger charge is 2.10. The fourth-order valence-electron chi connectivity index (χ4n) is 1.78. The number of hydrogen-bond donors (Lipinski definition) is 1. The van der Waals surface area contributed by atoms with E-state index in [9.17, 15) is 0 Å². The zero-order chi connectivity index (χ0) is 12.6. The van der Waals surface area contributed by atoms with Crippen LogP contribution >= 0.6 is 34.8 Å². The Hall–Kier alpha value is -0.890. The molecule has 0 aliphatic rings. The van der Waals surface area contributed by atoms with E-state index in [2.05, 4.69) is 0 Å². The summed E-state index contributed by atoms with van der Waals surface area (Å²) < 4.78 is 0. The summed E-state index contributed by atoms with van der Waals surface area (Å²) in [6.07, 6.45) is 0. The Morgan fingerprint density at radius 3 is 2.00 bits per heavy atom. The van der Waals surface area contributed by atoms with Gasteiger partial charge in [0.15, 0.2) is 0 Å². The Bertz CT molecular complexity index is 536. The Kier molecular flexibility index (Phi) is 3.53. The van der Waals surface area contributed by atoms with Gasteiger partial charge in [0.05, 0.1) is 10.0 Å². The van der Waals surface area contributed by atoms with Crippen molar-refractivity contribution in [1.82, 2.24) is 0 Å². The molecule has 0 saturated carbocycles. The molecule has 0 aliphatic carbocycles. The lowest BCUT2D eigenvalue weighted by atomic mass is 10.0. The number of nitrogens with two attached hydrogens (primary N) is 1. The minimum atomic E-state index is 0.518. The van der Waals surface area contributed by atoms with Crippen LogP contribution in [0.5, 0.6) is 0 Å². The summed E-state index contributed by atoms with van der Waals surface area (Å²) >= 11 is 18.2. The first-order valence-electron chi connectivity index (χ1n) is 4.99. The molecule has 0 heterocycles.